The molecule has 0 fully saturated rings. The number of aromatic amines is 1. The monoisotopic (exact) mass is 372 g/mol. The van der Waals surface area contributed by atoms with Crippen LogP contribution in [0.3, 0.4) is 0 Å². The fourth-order valence-electron chi connectivity index (χ4n) is 2.59. The van der Waals surface area contributed by atoms with Gasteiger partial charge in [-0.1, -0.05) is 17.7 Å². The molecule has 0 saturated carbocycles. The fraction of sp³-hybridized carbons (Fsp3) is 0. The Bertz CT molecular complexity index is 1200. The quantitative estimate of drug-likeness (QED) is 0.433. The fourth-order valence-corrected chi connectivity index (χ4v) is 3.62. The van der Waals surface area contributed by atoms with Gasteiger partial charge in [-0.2, -0.15) is 0 Å². The van der Waals surface area contributed by atoms with E-state index in [1.54, 1.807) is 40.5 Å². The lowest BCUT2D eigenvalue weighted by atomic mass is 10.2. The minimum atomic E-state index is -0.554. The first-order valence-corrected chi connectivity index (χ1v) is 8.30. The molecule has 9 heteroatoms. The molecule has 2 aromatic heterocycles. The Morgan fingerprint density at radius 2 is 2.08 bits per heavy atom. The Balaban J connectivity index is 1.86. The van der Waals surface area contributed by atoms with Crippen LogP contribution in [0.15, 0.2) is 58.6 Å². The zero-order chi connectivity index (χ0) is 17.6. The minimum absolute atomic E-state index is 0.0710. The topological polar surface area (TPSA) is 93.8 Å². The average Bonchev–Trinajstić information content (AvgIpc) is 2.98. The van der Waals surface area contributed by atoms with E-state index in [2.05, 4.69) is 9.97 Å². The molecule has 0 spiro atoms. The predicted molar refractivity (Wildman–Crippen MR) is 97.2 cm³/mol. The molecule has 0 radical (unpaired) electrons. The maximum Gasteiger partial charge on any atom is 0.282 e. The second-order valence-electron chi connectivity index (χ2n) is 5.23. The third-order valence-corrected chi connectivity index (χ3v) is 4.79. The molecule has 0 aliphatic rings. The number of nitro benzene ring substituents is 1. The van der Waals surface area contributed by atoms with Crippen LogP contribution in [-0.2, 0) is 0 Å². The highest BCUT2D eigenvalue weighted by molar-refractivity contribution is 7.97. The van der Waals surface area contributed by atoms with E-state index < -0.39 is 10.4 Å². The van der Waals surface area contributed by atoms with Crippen molar-refractivity contribution in [3.63, 3.8) is 0 Å². The number of H-pyrrole nitrogens is 1. The maximum absolute atomic E-state index is 12.1. The predicted octanol–water partition coefficient (Wildman–Crippen LogP) is 3.99. The molecule has 25 heavy (non-hydrogen) atoms. The van der Waals surface area contributed by atoms with Crippen molar-refractivity contribution in [3.8, 4) is 0 Å². The summed E-state index contributed by atoms with van der Waals surface area (Å²) in [6.45, 7) is 0. The maximum atomic E-state index is 12.1. The molecule has 0 amide bonds. The van der Waals surface area contributed by atoms with Gasteiger partial charge in [0, 0.05) is 35.3 Å². The van der Waals surface area contributed by atoms with Crippen LogP contribution in [0, 0.1) is 10.1 Å². The van der Waals surface area contributed by atoms with Crippen molar-refractivity contribution in [1.29, 1.82) is 0 Å². The molecule has 0 aliphatic carbocycles. The smallest absolute Gasteiger partial charge is 0.282 e. The molecule has 0 atom stereocenters. The Morgan fingerprint density at radius 1 is 1.24 bits per heavy atom. The molecule has 0 saturated heterocycles. The molecule has 0 unspecified atom stereocenters. The first-order chi connectivity index (χ1) is 12.0. The van der Waals surface area contributed by atoms with E-state index in [9.17, 15) is 14.9 Å². The minimum Gasteiger partial charge on any atom is -0.331 e. The number of pyridine rings is 1. The summed E-state index contributed by atoms with van der Waals surface area (Å²) in [5.41, 5.74) is 1.38. The zero-order valence-electron chi connectivity index (χ0n) is 12.5. The molecule has 0 aliphatic heterocycles. The number of nitrogens with zero attached hydrogens (tertiary/aromatic N) is 3. The van der Waals surface area contributed by atoms with Crippen LogP contribution in [0.25, 0.3) is 21.9 Å². The lowest BCUT2D eigenvalue weighted by molar-refractivity contribution is -0.383. The van der Waals surface area contributed by atoms with E-state index in [0.717, 1.165) is 11.0 Å². The van der Waals surface area contributed by atoms with E-state index in [1.165, 1.54) is 24.1 Å². The number of rotatable bonds is 3. The highest BCUT2D eigenvalue weighted by atomic mass is 35.5. The first kappa shape index (κ1) is 15.7. The van der Waals surface area contributed by atoms with Crippen LogP contribution in [0.4, 0.5) is 5.69 Å². The summed E-state index contributed by atoms with van der Waals surface area (Å²) in [6, 6.07) is 11.2. The van der Waals surface area contributed by atoms with Crippen molar-refractivity contribution in [2.45, 2.75) is 5.16 Å². The van der Waals surface area contributed by atoms with Gasteiger partial charge in [0.25, 0.3) is 5.69 Å². The summed E-state index contributed by atoms with van der Waals surface area (Å²) in [6.07, 6.45) is 1.57. The van der Waals surface area contributed by atoms with E-state index >= 15 is 0 Å². The molecule has 2 heterocycles. The Morgan fingerprint density at radius 3 is 2.88 bits per heavy atom. The number of fused-ring (bicyclic) bond motifs is 2. The summed E-state index contributed by atoms with van der Waals surface area (Å²) in [4.78, 5) is 30.4. The van der Waals surface area contributed by atoms with Gasteiger partial charge in [-0.05, 0) is 24.3 Å². The molecule has 7 nitrogen and oxygen atoms in total. The number of imidazole rings is 1. The first-order valence-electron chi connectivity index (χ1n) is 7.15. The normalized spacial score (nSPS) is 11.2. The summed E-state index contributed by atoms with van der Waals surface area (Å²) in [5.74, 6) is 0. The lowest BCUT2D eigenvalue weighted by Crippen LogP contribution is -2.07. The Hall–Kier alpha value is -2.84. The van der Waals surface area contributed by atoms with Gasteiger partial charge in [0.2, 0.25) is 0 Å². The van der Waals surface area contributed by atoms with Gasteiger partial charge in [0.05, 0.1) is 21.5 Å². The van der Waals surface area contributed by atoms with Crippen LogP contribution in [0.5, 0.6) is 0 Å². The van der Waals surface area contributed by atoms with Gasteiger partial charge in [-0.3, -0.25) is 18.9 Å². The van der Waals surface area contributed by atoms with Crippen LogP contribution < -0.4 is 5.43 Å². The molecule has 0 bridgehead atoms. The summed E-state index contributed by atoms with van der Waals surface area (Å²) >= 11 is 7.20. The van der Waals surface area contributed by atoms with Gasteiger partial charge in [0.15, 0.2) is 10.6 Å². The van der Waals surface area contributed by atoms with Crippen molar-refractivity contribution < 1.29 is 4.92 Å². The number of nitrogens with one attached hydrogen (secondary N) is 1. The van der Waals surface area contributed by atoms with Crippen LogP contribution >= 0.6 is 23.5 Å². The molecule has 124 valence electrons. The van der Waals surface area contributed by atoms with Crippen LogP contribution in [0.2, 0.25) is 5.02 Å². The number of hydrogen-bond acceptors (Lipinski definition) is 5. The molecule has 1 N–H and O–H groups in total. The van der Waals surface area contributed by atoms with Gasteiger partial charge in [-0.25, -0.2) is 4.98 Å². The highest BCUT2D eigenvalue weighted by Gasteiger charge is 2.17. The average molecular weight is 373 g/mol. The van der Waals surface area contributed by atoms with Crippen molar-refractivity contribution in [2.24, 2.45) is 0 Å². The van der Waals surface area contributed by atoms with Crippen molar-refractivity contribution in [2.75, 3.05) is 0 Å². The van der Waals surface area contributed by atoms with Crippen molar-refractivity contribution in [3.05, 3.63) is 74.0 Å². The number of hydrogen-bond donors (Lipinski definition) is 1. The number of nitro groups is 1. The zero-order valence-corrected chi connectivity index (χ0v) is 14.0. The molecule has 2 aromatic carbocycles. The van der Waals surface area contributed by atoms with E-state index in [4.69, 9.17) is 11.6 Å². The summed E-state index contributed by atoms with van der Waals surface area (Å²) < 4.78 is 1.67. The molecule has 4 rings (SSSR count). The number of benzene rings is 2. The van der Waals surface area contributed by atoms with Gasteiger partial charge < -0.3 is 4.98 Å². The Kier molecular flexibility index (Phi) is 3.70. The van der Waals surface area contributed by atoms with Crippen molar-refractivity contribution >= 4 is 51.2 Å². The number of non-ortho nitro benzene ring substituents is 1. The van der Waals surface area contributed by atoms with Crippen molar-refractivity contribution in [1.82, 2.24) is 13.9 Å². The van der Waals surface area contributed by atoms with Gasteiger partial charge >= 0.3 is 0 Å². The lowest BCUT2D eigenvalue weighted by Gasteiger charge is -2.07. The Labute approximate surface area is 149 Å². The van der Waals surface area contributed by atoms with E-state index in [1.807, 2.05) is 0 Å². The van der Waals surface area contributed by atoms with E-state index in [0.29, 0.717) is 15.7 Å². The SMILES string of the molecule is O=c1ccn(Sc2nc3ccc(Cl)cc3[nH]2)c2cccc([N+](=O)[O-])c12. The highest BCUT2D eigenvalue weighted by Crippen LogP contribution is 2.28. The third kappa shape index (κ3) is 2.75. The standard InChI is InChI=1S/C16H9ClN4O3S/c17-9-4-5-10-11(8-9)19-16(18-10)25-20-7-6-14(22)15-12(20)2-1-3-13(15)21(23)24/h1-8H,(H,18,19). The van der Waals surface area contributed by atoms with Crippen LogP contribution in [0.1, 0.15) is 0 Å². The summed E-state index contributed by atoms with van der Waals surface area (Å²) in [5, 5.41) is 12.4. The second kappa shape index (κ2) is 5.91. The third-order valence-electron chi connectivity index (χ3n) is 3.67. The molecular weight excluding hydrogens is 364 g/mol. The van der Waals surface area contributed by atoms with Gasteiger partial charge in [0.1, 0.15) is 5.39 Å². The van der Waals surface area contributed by atoms with E-state index in [-0.39, 0.29) is 11.1 Å². The van der Waals surface area contributed by atoms with Crippen LogP contribution in [-0.4, -0.2) is 18.9 Å². The largest absolute Gasteiger partial charge is 0.331 e. The number of aromatic nitrogens is 3. The molecule has 4 aromatic rings. The number of halogens is 1. The molecular formula is C16H9ClN4O3S. The van der Waals surface area contributed by atoms with Gasteiger partial charge in [-0.15, -0.1) is 0 Å². The summed E-state index contributed by atoms with van der Waals surface area (Å²) in [7, 11) is 0. The second-order valence-corrected chi connectivity index (χ2v) is 6.63.